The smallest absolute Gasteiger partial charge is 0.340 e. The highest BCUT2D eigenvalue weighted by Gasteiger charge is 2.12. The second-order valence-electron chi connectivity index (χ2n) is 4.28. The maximum absolute atomic E-state index is 13.8. The van der Waals surface area contributed by atoms with E-state index in [2.05, 4.69) is 32.6 Å². The molecule has 0 aliphatic heterocycles. The molecule has 1 N–H and O–H groups in total. The Hall–Kier alpha value is -1.34. The van der Waals surface area contributed by atoms with Crippen LogP contribution in [0.3, 0.4) is 0 Å². The minimum Gasteiger partial charge on any atom is -0.465 e. The quantitative estimate of drug-likeness (QED) is 0.586. The van der Waals surface area contributed by atoms with Crippen molar-refractivity contribution in [2.24, 2.45) is 0 Å². The Kier molecular flexibility index (Phi) is 5.41. The van der Waals surface area contributed by atoms with Crippen LogP contribution in [0.5, 0.6) is 0 Å². The van der Waals surface area contributed by atoms with Gasteiger partial charge in [0.15, 0.2) is 0 Å². The molecule has 0 spiro atoms. The fraction of sp³-hybridized carbons (Fsp3) is 0.133. The second kappa shape index (κ2) is 7.09. The SMILES string of the molecule is COC(=O)c1ccc(CNc2ccc(Cl)cc2I)cc1F. The third-order valence-corrected chi connectivity index (χ3v) is 3.98. The van der Waals surface area contributed by atoms with Crippen LogP contribution in [-0.4, -0.2) is 13.1 Å². The summed E-state index contributed by atoms with van der Waals surface area (Å²) in [5, 5.41) is 3.86. The van der Waals surface area contributed by atoms with Gasteiger partial charge in [-0.05, 0) is 58.5 Å². The van der Waals surface area contributed by atoms with Crippen molar-refractivity contribution in [3.63, 3.8) is 0 Å². The lowest BCUT2D eigenvalue weighted by Crippen LogP contribution is -2.06. The van der Waals surface area contributed by atoms with Gasteiger partial charge in [0.2, 0.25) is 0 Å². The number of rotatable bonds is 4. The summed E-state index contributed by atoms with van der Waals surface area (Å²) >= 11 is 8.06. The number of halogens is 3. The van der Waals surface area contributed by atoms with Crippen LogP contribution in [-0.2, 0) is 11.3 Å². The maximum atomic E-state index is 13.8. The lowest BCUT2D eigenvalue weighted by atomic mass is 10.1. The molecule has 0 amide bonds. The summed E-state index contributed by atoms with van der Waals surface area (Å²) in [6.45, 7) is 0.440. The van der Waals surface area contributed by atoms with E-state index in [9.17, 15) is 9.18 Å². The van der Waals surface area contributed by atoms with Gasteiger partial charge < -0.3 is 10.1 Å². The first-order chi connectivity index (χ1) is 10.0. The van der Waals surface area contributed by atoms with E-state index in [0.29, 0.717) is 11.6 Å². The first-order valence-corrected chi connectivity index (χ1v) is 7.52. The van der Waals surface area contributed by atoms with Crippen LogP contribution in [0.1, 0.15) is 15.9 Å². The number of hydrogen-bond donors (Lipinski definition) is 1. The van der Waals surface area contributed by atoms with Gasteiger partial charge in [0.1, 0.15) is 5.82 Å². The number of anilines is 1. The van der Waals surface area contributed by atoms with Crippen molar-refractivity contribution >= 4 is 45.8 Å². The molecule has 0 aromatic heterocycles. The first kappa shape index (κ1) is 16.0. The molecule has 0 saturated heterocycles. The van der Waals surface area contributed by atoms with Crippen LogP contribution < -0.4 is 5.32 Å². The third kappa shape index (κ3) is 4.07. The maximum Gasteiger partial charge on any atom is 0.340 e. The highest BCUT2D eigenvalue weighted by atomic mass is 127. The van der Waals surface area contributed by atoms with E-state index in [4.69, 9.17) is 11.6 Å². The predicted molar refractivity (Wildman–Crippen MR) is 89.2 cm³/mol. The summed E-state index contributed by atoms with van der Waals surface area (Å²) in [6, 6.07) is 9.92. The normalized spacial score (nSPS) is 10.3. The molecule has 3 nitrogen and oxygen atoms in total. The second-order valence-corrected chi connectivity index (χ2v) is 5.88. The number of hydrogen-bond acceptors (Lipinski definition) is 3. The summed E-state index contributed by atoms with van der Waals surface area (Å²) in [6.07, 6.45) is 0. The molecule has 0 unspecified atom stereocenters. The van der Waals surface area contributed by atoms with E-state index in [-0.39, 0.29) is 5.56 Å². The molecule has 2 aromatic rings. The van der Waals surface area contributed by atoms with Gasteiger partial charge in [-0.15, -0.1) is 0 Å². The Labute approximate surface area is 140 Å². The van der Waals surface area contributed by atoms with E-state index in [1.165, 1.54) is 19.2 Å². The lowest BCUT2D eigenvalue weighted by molar-refractivity contribution is 0.0595. The van der Waals surface area contributed by atoms with Crippen molar-refractivity contribution in [3.05, 3.63) is 61.9 Å². The van der Waals surface area contributed by atoms with Crippen LogP contribution in [0.4, 0.5) is 10.1 Å². The zero-order chi connectivity index (χ0) is 15.4. The Morgan fingerprint density at radius 1 is 1.33 bits per heavy atom. The van der Waals surface area contributed by atoms with E-state index >= 15 is 0 Å². The van der Waals surface area contributed by atoms with Gasteiger partial charge >= 0.3 is 5.97 Å². The highest BCUT2D eigenvalue weighted by Crippen LogP contribution is 2.23. The van der Waals surface area contributed by atoms with Gasteiger partial charge in [-0.2, -0.15) is 0 Å². The van der Waals surface area contributed by atoms with E-state index in [0.717, 1.165) is 14.8 Å². The number of esters is 1. The summed E-state index contributed by atoms with van der Waals surface area (Å²) in [7, 11) is 1.22. The Balaban J connectivity index is 2.10. The van der Waals surface area contributed by atoms with Crippen molar-refractivity contribution in [1.29, 1.82) is 0 Å². The summed E-state index contributed by atoms with van der Waals surface area (Å²) in [5.74, 6) is -1.27. The van der Waals surface area contributed by atoms with Crippen LogP contribution in [0.15, 0.2) is 36.4 Å². The van der Waals surface area contributed by atoms with Crippen LogP contribution in [0.25, 0.3) is 0 Å². The van der Waals surface area contributed by atoms with E-state index in [1.54, 1.807) is 12.1 Å². The number of ether oxygens (including phenoxy) is 1. The standard InChI is InChI=1S/C15H12ClFINO2/c1-21-15(20)11-4-2-9(6-12(11)17)8-19-14-5-3-10(16)7-13(14)18/h2-7,19H,8H2,1H3. The van der Waals surface area contributed by atoms with Gasteiger partial charge in [-0.3, -0.25) is 0 Å². The number of benzene rings is 2. The predicted octanol–water partition coefficient (Wildman–Crippen LogP) is 4.48. The highest BCUT2D eigenvalue weighted by molar-refractivity contribution is 14.1. The van der Waals surface area contributed by atoms with E-state index < -0.39 is 11.8 Å². The molecule has 0 fully saturated rings. The van der Waals surface area contributed by atoms with Crippen molar-refractivity contribution in [2.75, 3.05) is 12.4 Å². The number of carbonyl (C=O) groups excluding carboxylic acids is 1. The van der Waals surface area contributed by atoms with Gasteiger partial charge in [0, 0.05) is 20.8 Å². The fourth-order valence-electron chi connectivity index (χ4n) is 1.77. The van der Waals surface area contributed by atoms with Crippen LogP contribution in [0, 0.1) is 9.39 Å². The molecule has 0 radical (unpaired) electrons. The summed E-state index contributed by atoms with van der Waals surface area (Å²) in [4.78, 5) is 11.3. The van der Waals surface area contributed by atoms with Gasteiger partial charge in [-0.1, -0.05) is 17.7 Å². The molecule has 0 saturated carbocycles. The summed E-state index contributed by atoms with van der Waals surface area (Å²) in [5.41, 5.74) is 1.57. The van der Waals surface area contributed by atoms with Crippen molar-refractivity contribution in [1.82, 2.24) is 0 Å². The zero-order valence-corrected chi connectivity index (χ0v) is 14.0. The molecule has 0 bridgehead atoms. The molecule has 0 heterocycles. The Bertz CT molecular complexity index is 679. The molecule has 0 aliphatic rings. The number of carbonyl (C=O) groups is 1. The van der Waals surface area contributed by atoms with Gasteiger partial charge in [0.05, 0.1) is 12.7 Å². The van der Waals surface area contributed by atoms with Gasteiger partial charge in [0.25, 0.3) is 0 Å². The molecule has 2 aromatic carbocycles. The topological polar surface area (TPSA) is 38.3 Å². The number of methoxy groups -OCH3 is 1. The molecule has 0 atom stereocenters. The first-order valence-electron chi connectivity index (χ1n) is 6.07. The Morgan fingerprint density at radius 3 is 2.71 bits per heavy atom. The zero-order valence-electron chi connectivity index (χ0n) is 11.1. The number of nitrogens with one attached hydrogen (secondary N) is 1. The average Bonchev–Trinajstić information content (AvgIpc) is 2.45. The minimum atomic E-state index is -0.681. The van der Waals surface area contributed by atoms with Crippen LogP contribution >= 0.6 is 34.2 Å². The third-order valence-electron chi connectivity index (χ3n) is 2.85. The monoisotopic (exact) mass is 419 g/mol. The average molecular weight is 420 g/mol. The molecule has 6 heteroatoms. The molecule has 110 valence electrons. The lowest BCUT2D eigenvalue weighted by Gasteiger charge is -2.10. The fourth-order valence-corrected chi connectivity index (χ4v) is 2.84. The molecule has 0 aliphatic carbocycles. The van der Waals surface area contributed by atoms with Gasteiger partial charge in [-0.25, -0.2) is 9.18 Å². The molecular formula is C15H12ClFINO2. The Morgan fingerprint density at radius 2 is 2.10 bits per heavy atom. The van der Waals surface area contributed by atoms with E-state index in [1.807, 2.05) is 12.1 Å². The minimum absolute atomic E-state index is 0.0673. The van der Waals surface area contributed by atoms with Crippen molar-refractivity contribution < 1.29 is 13.9 Å². The summed E-state index contributed by atoms with van der Waals surface area (Å²) < 4.78 is 19.3. The molecule has 21 heavy (non-hydrogen) atoms. The molecular weight excluding hydrogens is 408 g/mol. The molecule has 2 rings (SSSR count). The van der Waals surface area contributed by atoms with Crippen molar-refractivity contribution in [3.8, 4) is 0 Å². The largest absolute Gasteiger partial charge is 0.465 e. The van der Waals surface area contributed by atoms with Crippen molar-refractivity contribution in [2.45, 2.75) is 6.54 Å². The van der Waals surface area contributed by atoms with Crippen LogP contribution in [0.2, 0.25) is 5.02 Å².